The zero-order valence-corrected chi connectivity index (χ0v) is 14.4. The average molecular weight is 294 g/mol. The third-order valence-electron chi connectivity index (χ3n) is 5.14. The zero-order valence-electron chi connectivity index (χ0n) is 14.4. The Balaban J connectivity index is 1.87. The molecule has 0 bridgehead atoms. The highest BCUT2D eigenvalue weighted by molar-refractivity contribution is 5.84. The molecule has 2 unspecified atom stereocenters. The summed E-state index contributed by atoms with van der Waals surface area (Å²) in [7, 11) is 0. The van der Waals surface area contributed by atoms with E-state index in [9.17, 15) is 4.79 Å². The van der Waals surface area contributed by atoms with Crippen LogP contribution in [-0.2, 0) is 4.79 Å². The van der Waals surface area contributed by atoms with Gasteiger partial charge in [0.25, 0.3) is 0 Å². The van der Waals surface area contributed by atoms with Gasteiger partial charge in [0.15, 0.2) is 0 Å². The molecule has 0 aromatic heterocycles. The van der Waals surface area contributed by atoms with Crippen molar-refractivity contribution in [3.63, 3.8) is 0 Å². The topological polar surface area (TPSA) is 32.3 Å². The fourth-order valence-electron chi connectivity index (χ4n) is 3.94. The molecule has 1 amide bonds. The van der Waals surface area contributed by atoms with Gasteiger partial charge >= 0.3 is 0 Å². The molecule has 1 saturated heterocycles. The van der Waals surface area contributed by atoms with E-state index < -0.39 is 0 Å². The lowest BCUT2D eigenvalue weighted by molar-refractivity contribution is -0.131. The molecule has 3 nitrogen and oxygen atoms in total. The van der Waals surface area contributed by atoms with Crippen LogP contribution < -0.4 is 5.32 Å². The van der Waals surface area contributed by atoms with Crippen molar-refractivity contribution in [3.8, 4) is 0 Å². The molecule has 2 atom stereocenters. The SMILES string of the molecule is CC(C)CC1NC(C(C)C)C(=O)N1CCCC1CCCC1. The van der Waals surface area contributed by atoms with Crippen LogP contribution in [0.15, 0.2) is 0 Å². The Bertz CT molecular complexity index is 334. The molecule has 1 N–H and O–H groups in total. The molecule has 2 aliphatic rings. The van der Waals surface area contributed by atoms with E-state index in [2.05, 4.69) is 37.9 Å². The van der Waals surface area contributed by atoms with Crippen LogP contribution in [0.25, 0.3) is 0 Å². The van der Waals surface area contributed by atoms with Crippen LogP contribution in [0.5, 0.6) is 0 Å². The molecular formula is C18H34N2O. The van der Waals surface area contributed by atoms with Crippen LogP contribution >= 0.6 is 0 Å². The van der Waals surface area contributed by atoms with E-state index in [1.165, 1.54) is 38.5 Å². The molecule has 0 spiro atoms. The lowest BCUT2D eigenvalue weighted by Crippen LogP contribution is -2.39. The van der Waals surface area contributed by atoms with Crippen molar-refractivity contribution in [1.29, 1.82) is 0 Å². The Morgan fingerprint density at radius 2 is 1.86 bits per heavy atom. The van der Waals surface area contributed by atoms with E-state index in [0.29, 0.717) is 17.7 Å². The molecule has 21 heavy (non-hydrogen) atoms. The van der Waals surface area contributed by atoms with Gasteiger partial charge < -0.3 is 4.90 Å². The van der Waals surface area contributed by atoms with Crippen molar-refractivity contribution in [3.05, 3.63) is 0 Å². The predicted molar refractivity (Wildman–Crippen MR) is 87.9 cm³/mol. The van der Waals surface area contributed by atoms with Gasteiger partial charge in [-0.05, 0) is 37.0 Å². The summed E-state index contributed by atoms with van der Waals surface area (Å²) in [4.78, 5) is 14.8. The fourth-order valence-corrected chi connectivity index (χ4v) is 3.94. The third kappa shape index (κ3) is 4.45. The van der Waals surface area contributed by atoms with Crippen LogP contribution in [0.3, 0.4) is 0 Å². The maximum Gasteiger partial charge on any atom is 0.241 e. The summed E-state index contributed by atoms with van der Waals surface area (Å²) in [6.07, 6.45) is 9.47. The minimum Gasteiger partial charge on any atom is -0.326 e. The average Bonchev–Trinajstić information content (AvgIpc) is 3.00. The van der Waals surface area contributed by atoms with Crippen molar-refractivity contribution in [2.45, 2.75) is 84.8 Å². The second-order valence-corrected chi connectivity index (χ2v) is 7.86. The highest BCUT2D eigenvalue weighted by Crippen LogP contribution is 2.29. The van der Waals surface area contributed by atoms with Gasteiger partial charge in [-0.15, -0.1) is 0 Å². The molecule has 1 aliphatic heterocycles. The molecule has 0 radical (unpaired) electrons. The van der Waals surface area contributed by atoms with Gasteiger partial charge in [-0.2, -0.15) is 0 Å². The third-order valence-corrected chi connectivity index (χ3v) is 5.14. The monoisotopic (exact) mass is 294 g/mol. The predicted octanol–water partition coefficient (Wildman–Crippen LogP) is 3.79. The van der Waals surface area contributed by atoms with Crippen LogP contribution in [0, 0.1) is 17.8 Å². The smallest absolute Gasteiger partial charge is 0.241 e. The minimum absolute atomic E-state index is 0.0280. The Hall–Kier alpha value is -0.570. The van der Waals surface area contributed by atoms with Gasteiger partial charge in [0.1, 0.15) is 0 Å². The van der Waals surface area contributed by atoms with Gasteiger partial charge in [0.05, 0.1) is 12.2 Å². The summed E-state index contributed by atoms with van der Waals surface area (Å²) in [6, 6.07) is 0.0280. The minimum atomic E-state index is 0.0280. The molecule has 2 fully saturated rings. The number of carbonyl (C=O) groups is 1. The summed E-state index contributed by atoms with van der Waals surface area (Å²) in [5.74, 6) is 2.27. The normalized spacial score (nSPS) is 27.5. The molecule has 0 aromatic carbocycles. The molecule has 2 rings (SSSR count). The fraction of sp³-hybridized carbons (Fsp3) is 0.944. The summed E-state index contributed by atoms with van der Waals surface area (Å²) in [6.45, 7) is 9.72. The van der Waals surface area contributed by atoms with Gasteiger partial charge in [-0.1, -0.05) is 53.4 Å². The van der Waals surface area contributed by atoms with E-state index in [4.69, 9.17) is 0 Å². The van der Waals surface area contributed by atoms with Gasteiger partial charge in [0.2, 0.25) is 5.91 Å². The first-order valence-corrected chi connectivity index (χ1v) is 9.05. The van der Waals surface area contributed by atoms with Crippen molar-refractivity contribution >= 4 is 5.91 Å². The van der Waals surface area contributed by atoms with Crippen LogP contribution in [0.1, 0.15) is 72.6 Å². The second-order valence-electron chi connectivity index (χ2n) is 7.86. The first-order chi connectivity index (χ1) is 9.99. The van der Waals surface area contributed by atoms with Crippen LogP contribution in [-0.4, -0.2) is 29.6 Å². The lowest BCUT2D eigenvalue weighted by atomic mass is 10.0. The quantitative estimate of drug-likeness (QED) is 0.775. The number of hydrogen-bond donors (Lipinski definition) is 1. The molecule has 3 heteroatoms. The highest BCUT2D eigenvalue weighted by Gasteiger charge is 2.39. The van der Waals surface area contributed by atoms with E-state index in [0.717, 1.165) is 18.9 Å². The molecular weight excluding hydrogens is 260 g/mol. The van der Waals surface area contributed by atoms with Gasteiger partial charge in [0, 0.05) is 6.54 Å². The molecule has 1 saturated carbocycles. The Morgan fingerprint density at radius 1 is 1.19 bits per heavy atom. The molecule has 1 aliphatic carbocycles. The first-order valence-electron chi connectivity index (χ1n) is 9.05. The maximum absolute atomic E-state index is 12.6. The maximum atomic E-state index is 12.6. The van der Waals surface area contributed by atoms with Gasteiger partial charge in [-0.3, -0.25) is 10.1 Å². The van der Waals surface area contributed by atoms with Crippen molar-refractivity contribution in [2.75, 3.05) is 6.54 Å². The first kappa shape index (κ1) is 16.8. The van der Waals surface area contributed by atoms with E-state index in [1.54, 1.807) is 0 Å². The summed E-state index contributed by atoms with van der Waals surface area (Å²) in [5, 5.41) is 3.58. The number of rotatable bonds is 7. The molecule has 122 valence electrons. The Kier molecular flexibility index (Phi) is 6.09. The van der Waals surface area contributed by atoms with Gasteiger partial charge in [-0.25, -0.2) is 0 Å². The Morgan fingerprint density at radius 3 is 2.43 bits per heavy atom. The van der Waals surface area contributed by atoms with E-state index in [1.807, 2.05) is 0 Å². The van der Waals surface area contributed by atoms with Crippen molar-refractivity contribution in [2.24, 2.45) is 17.8 Å². The number of carbonyl (C=O) groups excluding carboxylic acids is 1. The zero-order chi connectivity index (χ0) is 15.4. The lowest BCUT2D eigenvalue weighted by Gasteiger charge is -2.26. The standard InChI is InChI=1S/C18H34N2O/c1-13(2)12-16-19-17(14(3)4)18(21)20(16)11-7-10-15-8-5-6-9-15/h13-17,19H,5-12H2,1-4H3. The van der Waals surface area contributed by atoms with Crippen LogP contribution in [0.4, 0.5) is 0 Å². The number of amides is 1. The number of nitrogens with one attached hydrogen (secondary N) is 1. The van der Waals surface area contributed by atoms with E-state index in [-0.39, 0.29) is 12.2 Å². The summed E-state index contributed by atoms with van der Waals surface area (Å²) < 4.78 is 0. The second kappa shape index (κ2) is 7.62. The highest BCUT2D eigenvalue weighted by atomic mass is 16.2. The molecule has 1 heterocycles. The van der Waals surface area contributed by atoms with Crippen molar-refractivity contribution < 1.29 is 4.79 Å². The summed E-state index contributed by atoms with van der Waals surface area (Å²) in [5.41, 5.74) is 0. The van der Waals surface area contributed by atoms with Crippen LogP contribution in [0.2, 0.25) is 0 Å². The Labute approximate surface area is 130 Å². The number of hydrogen-bond acceptors (Lipinski definition) is 2. The summed E-state index contributed by atoms with van der Waals surface area (Å²) >= 11 is 0. The molecule has 0 aromatic rings. The van der Waals surface area contributed by atoms with E-state index >= 15 is 0 Å². The largest absolute Gasteiger partial charge is 0.326 e. The van der Waals surface area contributed by atoms with Crippen molar-refractivity contribution in [1.82, 2.24) is 10.2 Å². The number of nitrogens with zero attached hydrogens (tertiary/aromatic N) is 1.